The van der Waals surface area contributed by atoms with E-state index in [2.05, 4.69) is 6.92 Å². The predicted octanol–water partition coefficient (Wildman–Crippen LogP) is 6.00. The summed E-state index contributed by atoms with van der Waals surface area (Å²) in [6.45, 7) is 2.25. The van der Waals surface area contributed by atoms with Gasteiger partial charge in [-0.1, -0.05) is 81.1 Å². The molecular formula is C17H27Cl2N. The fourth-order valence-corrected chi connectivity index (χ4v) is 3.01. The van der Waals surface area contributed by atoms with Crippen LogP contribution in [0.25, 0.3) is 0 Å². The zero-order chi connectivity index (χ0) is 14.8. The van der Waals surface area contributed by atoms with Crippen molar-refractivity contribution in [3.8, 4) is 0 Å². The summed E-state index contributed by atoms with van der Waals surface area (Å²) in [5, 5.41) is 1.46. The van der Waals surface area contributed by atoms with Gasteiger partial charge in [-0.25, -0.2) is 0 Å². The van der Waals surface area contributed by atoms with Crippen molar-refractivity contribution in [1.82, 2.24) is 0 Å². The first-order valence-electron chi connectivity index (χ1n) is 7.83. The fraction of sp³-hybridized carbons (Fsp3) is 0.647. The van der Waals surface area contributed by atoms with E-state index in [0.717, 1.165) is 28.5 Å². The summed E-state index contributed by atoms with van der Waals surface area (Å²) in [6, 6.07) is 5.78. The first-order chi connectivity index (χ1) is 9.65. The summed E-state index contributed by atoms with van der Waals surface area (Å²) in [4.78, 5) is 0. The number of unbranched alkanes of at least 4 members (excludes halogenated alkanes) is 6. The van der Waals surface area contributed by atoms with Gasteiger partial charge in [-0.3, -0.25) is 0 Å². The monoisotopic (exact) mass is 315 g/mol. The van der Waals surface area contributed by atoms with Crippen LogP contribution in [0.15, 0.2) is 18.2 Å². The Labute approximate surface area is 133 Å². The quantitative estimate of drug-likeness (QED) is 0.526. The van der Waals surface area contributed by atoms with E-state index in [1.807, 2.05) is 18.2 Å². The van der Waals surface area contributed by atoms with Crippen molar-refractivity contribution in [2.75, 3.05) is 0 Å². The molecule has 1 aromatic rings. The Balaban J connectivity index is 2.19. The van der Waals surface area contributed by atoms with Crippen LogP contribution >= 0.6 is 23.2 Å². The third-order valence-electron chi connectivity index (χ3n) is 3.71. The number of rotatable bonds is 10. The van der Waals surface area contributed by atoms with E-state index in [4.69, 9.17) is 28.9 Å². The minimum atomic E-state index is 0.156. The van der Waals surface area contributed by atoms with Gasteiger partial charge in [0.1, 0.15) is 0 Å². The van der Waals surface area contributed by atoms with Crippen LogP contribution in [-0.4, -0.2) is 6.04 Å². The highest BCUT2D eigenvalue weighted by Gasteiger charge is 2.10. The van der Waals surface area contributed by atoms with E-state index in [1.54, 1.807) is 0 Å². The molecule has 1 atom stereocenters. The van der Waals surface area contributed by atoms with Gasteiger partial charge in [0, 0.05) is 16.1 Å². The van der Waals surface area contributed by atoms with Gasteiger partial charge in [0.15, 0.2) is 0 Å². The van der Waals surface area contributed by atoms with Gasteiger partial charge in [0.05, 0.1) is 0 Å². The zero-order valence-corrected chi connectivity index (χ0v) is 14.0. The maximum atomic E-state index is 6.19. The van der Waals surface area contributed by atoms with E-state index >= 15 is 0 Å². The molecule has 0 radical (unpaired) electrons. The van der Waals surface area contributed by atoms with Crippen LogP contribution in [0.4, 0.5) is 0 Å². The van der Waals surface area contributed by atoms with E-state index < -0.39 is 0 Å². The molecule has 1 aromatic carbocycles. The Kier molecular flexibility index (Phi) is 9.33. The summed E-state index contributed by atoms with van der Waals surface area (Å²) >= 11 is 12.3. The summed E-state index contributed by atoms with van der Waals surface area (Å²) in [7, 11) is 0. The number of nitrogens with two attached hydrogens (primary N) is 1. The second-order valence-electron chi connectivity index (χ2n) is 5.57. The molecule has 0 aromatic heterocycles. The lowest BCUT2D eigenvalue weighted by atomic mass is 10.00. The molecule has 0 spiro atoms. The second kappa shape index (κ2) is 10.5. The van der Waals surface area contributed by atoms with Gasteiger partial charge in [0.25, 0.3) is 0 Å². The van der Waals surface area contributed by atoms with Crippen LogP contribution in [0.5, 0.6) is 0 Å². The van der Waals surface area contributed by atoms with Gasteiger partial charge in [0.2, 0.25) is 0 Å². The van der Waals surface area contributed by atoms with E-state index in [0.29, 0.717) is 0 Å². The third kappa shape index (κ3) is 6.97. The van der Waals surface area contributed by atoms with Crippen LogP contribution in [0.1, 0.15) is 63.9 Å². The normalized spacial score (nSPS) is 12.6. The lowest BCUT2D eigenvalue weighted by Gasteiger charge is -2.14. The molecule has 0 heterocycles. The van der Waals surface area contributed by atoms with Gasteiger partial charge in [-0.15, -0.1) is 0 Å². The number of benzene rings is 1. The van der Waals surface area contributed by atoms with E-state index in [-0.39, 0.29) is 6.04 Å². The lowest BCUT2D eigenvalue weighted by Crippen LogP contribution is -2.23. The zero-order valence-electron chi connectivity index (χ0n) is 12.5. The molecule has 2 N–H and O–H groups in total. The molecule has 1 nitrogen and oxygen atoms in total. The topological polar surface area (TPSA) is 26.0 Å². The maximum Gasteiger partial charge on any atom is 0.0453 e. The van der Waals surface area contributed by atoms with E-state index in [9.17, 15) is 0 Å². The van der Waals surface area contributed by atoms with Gasteiger partial charge >= 0.3 is 0 Å². The number of hydrogen-bond donors (Lipinski definition) is 1. The molecule has 0 amide bonds. The van der Waals surface area contributed by atoms with Crippen molar-refractivity contribution in [2.45, 2.75) is 70.8 Å². The Morgan fingerprint density at radius 1 is 0.950 bits per heavy atom. The van der Waals surface area contributed by atoms with Crippen molar-refractivity contribution in [3.63, 3.8) is 0 Å². The molecule has 1 unspecified atom stereocenters. The first-order valence-corrected chi connectivity index (χ1v) is 8.59. The highest BCUT2D eigenvalue weighted by atomic mass is 35.5. The molecule has 0 saturated carbocycles. The Hall–Kier alpha value is -0.240. The molecule has 0 aliphatic carbocycles. The van der Waals surface area contributed by atoms with Gasteiger partial charge in [-0.05, 0) is 30.5 Å². The molecule has 1 rings (SSSR count). The molecule has 0 bridgehead atoms. The molecule has 0 aliphatic heterocycles. The van der Waals surface area contributed by atoms with Crippen molar-refractivity contribution in [2.24, 2.45) is 5.73 Å². The van der Waals surface area contributed by atoms with Crippen molar-refractivity contribution < 1.29 is 0 Å². The Morgan fingerprint density at radius 2 is 1.50 bits per heavy atom. The fourth-order valence-electron chi connectivity index (χ4n) is 2.46. The predicted molar refractivity (Wildman–Crippen MR) is 90.8 cm³/mol. The van der Waals surface area contributed by atoms with Crippen molar-refractivity contribution in [1.29, 1.82) is 0 Å². The van der Waals surface area contributed by atoms with Gasteiger partial charge < -0.3 is 5.73 Å². The largest absolute Gasteiger partial charge is 0.327 e. The van der Waals surface area contributed by atoms with Crippen LogP contribution in [0, 0.1) is 0 Å². The molecule has 0 fully saturated rings. The van der Waals surface area contributed by atoms with Crippen LogP contribution in [0.3, 0.4) is 0 Å². The molecule has 20 heavy (non-hydrogen) atoms. The van der Waals surface area contributed by atoms with E-state index in [1.165, 1.54) is 44.9 Å². The smallest absolute Gasteiger partial charge is 0.0453 e. The Morgan fingerprint density at radius 3 is 2.10 bits per heavy atom. The second-order valence-corrected chi connectivity index (χ2v) is 6.39. The van der Waals surface area contributed by atoms with Crippen LogP contribution < -0.4 is 5.73 Å². The van der Waals surface area contributed by atoms with Crippen molar-refractivity contribution in [3.05, 3.63) is 33.8 Å². The van der Waals surface area contributed by atoms with Gasteiger partial charge in [-0.2, -0.15) is 0 Å². The summed E-state index contributed by atoms with van der Waals surface area (Å²) < 4.78 is 0. The molecule has 0 aliphatic rings. The molecule has 114 valence electrons. The molecule has 0 saturated heterocycles. The average molecular weight is 316 g/mol. The summed E-state index contributed by atoms with van der Waals surface area (Å²) in [5.74, 6) is 0. The highest BCUT2D eigenvalue weighted by Crippen LogP contribution is 2.26. The number of halogens is 2. The Bertz CT molecular complexity index is 359. The minimum Gasteiger partial charge on any atom is -0.327 e. The minimum absolute atomic E-state index is 0.156. The molecule has 3 heteroatoms. The summed E-state index contributed by atoms with van der Waals surface area (Å²) in [6.07, 6.45) is 11.1. The number of hydrogen-bond acceptors (Lipinski definition) is 1. The molecular weight excluding hydrogens is 289 g/mol. The SMILES string of the molecule is CCCCCCCCCC(N)Cc1c(Cl)cccc1Cl. The lowest BCUT2D eigenvalue weighted by molar-refractivity contribution is 0.528. The summed E-state index contributed by atoms with van der Waals surface area (Å²) in [5.41, 5.74) is 7.18. The van der Waals surface area contributed by atoms with Crippen LogP contribution in [-0.2, 0) is 6.42 Å². The third-order valence-corrected chi connectivity index (χ3v) is 4.41. The van der Waals surface area contributed by atoms with Crippen molar-refractivity contribution >= 4 is 23.2 Å². The maximum absolute atomic E-state index is 6.19. The van der Waals surface area contributed by atoms with Crippen LogP contribution in [0.2, 0.25) is 10.0 Å². The highest BCUT2D eigenvalue weighted by molar-refractivity contribution is 6.35. The first kappa shape index (κ1) is 17.8. The average Bonchev–Trinajstić information content (AvgIpc) is 2.42. The standard InChI is InChI=1S/C17H27Cl2N/c1-2-3-4-5-6-7-8-10-14(20)13-15-16(18)11-9-12-17(15)19/h9,11-12,14H,2-8,10,13,20H2,1H3.